The van der Waals surface area contributed by atoms with E-state index in [0.29, 0.717) is 17.2 Å². The van der Waals surface area contributed by atoms with Crippen molar-refractivity contribution in [3.63, 3.8) is 0 Å². The van der Waals surface area contributed by atoms with Gasteiger partial charge in [-0.2, -0.15) is 0 Å². The summed E-state index contributed by atoms with van der Waals surface area (Å²) >= 11 is 0. The number of amides is 2. The molecule has 0 radical (unpaired) electrons. The Morgan fingerprint density at radius 2 is 1.62 bits per heavy atom. The summed E-state index contributed by atoms with van der Waals surface area (Å²) in [6.45, 7) is 20.1. The second-order valence-corrected chi connectivity index (χ2v) is 13.2. The lowest BCUT2D eigenvalue weighted by molar-refractivity contribution is -0.118. The Hall–Kier alpha value is -4.25. The first-order valence-electron chi connectivity index (χ1n) is 17.8. The Morgan fingerprint density at radius 3 is 2.20 bits per heavy atom. The number of rotatable bonds is 10. The van der Waals surface area contributed by atoms with Crippen molar-refractivity contribution in [3.05, 3.63) is 98.1 Å². The maximum absolute atomic E-state index is 13.7. The Kier molecular flexibility index (Phi) is 14.4. The summed E-state index contributed by atoms with van der Waals surface area (Å²) in [5.41, 5.74) is 9.01. The lowest BCUT2D eigenvalue weighted by atomic mass is 9.94. The van der Waals surface area contributed by atoms with E-state index in [1.165, 1.54) is 12.5 Å². The van der Waals surface area contributed by atoms with E-state index in [-0.39, 0.29) is 23.9 Å². The number of hydrogen-bond acceptors (Lipinski definition) is 7. The first-order valence-corrected chi connectivity index (χ1v) is 17.8. The normalized spacial score (nSPS) is 15.5. The summed E-state index contributed by atoms with van der Waals surface area (Å²) < 4.78 is 11.1. The van der Waals surface area contributed by atoms with Crippen LogP contribution < -0.4 is 21.1 Å². The molecule has 2 fully saturated rings. The number of nitrogens with one attached hydrogen (secondary N) is 3. The van der Waals surface area contributed by atoms with Crippen LogP contribution in [0.1, 0.15) is 78.8 Å². The molecule has 0 saturated carbocycles. The van der Waals surface area contributed by atoms with Gasteiger partial charge in [-0.25, -0.2) is 0 Å². The molecular formula is C40H55N5O5. The number of aromatic nitrogens is 1. The molecule has 2 saturated heterocycles. The standard InChI is InChI=1S/C34H44N4O4.C6H11NO/c1-5-38(29-10-14-41-15-11-29)32-20-28(27-8-6-26(7-9-27)22-37-12-16-42-17-13-37)19-30(25(32)4)33(39)35-21-31-23(2)18-24(3)36-34(31)40;1-4-5(2)7-6(3)8/h6-9,18-20,29H,5,10-17,21-22H2,1-4H3,(H,35,39)(H,36,40);4H,1-3H3,(H,7,8)/b;5-4-. The number of hydrogen-bond donors (Lipinski definition) is 3. The van der Waals surface area contributed by atoms with Crippen LogP contribution in [0.25, 0.3) is 11.1 Å². The van der Waals surface area contributed by atoms with Crippen molar-refractivity contribution in [1.82, 2.24) is 20.5 Å². The monoisotopic (exact) mass is 685 g/mol. The highest BCUT2D eigenvalue weighted by molar-refractivity contribution is 5.99. The number of benzene rings is 2. The minimum Gasteiger partial charge on any atom is -0.381 e. The van der Waals surface area contributed by atoms with Crippen molar-refractivity contribution >= 4 is 17.5 Å². The molecule has 5 rings (SSSR count). The molecule has 10 heteroatoms. The summed E-state index contributed by atoms with van der Waals surface area (Å²) in [7, 11) is 0. The fourth-order valence-corrected chi connectivity index (χ4v) is 6.56. The van der Waals surface area contributed by atoms with Crippen LogP contribution in [0.15, 0.2) is 59.0 Å². The van der Waals surface area contributed by atoms with Gasteiger partial charge >= 0.3 is 0 Å². The van der Waals surface area contributed by atoms with Gasteiger partial charge in [-0.1, -0.05) is 30.3 Å². The van der Waals surface area contributed by atoms with Crippen molar-refractivity contribution in [2.75, 3.05) is 51.0 Å². The van der Waals surface area contributed by atoms with Gasteiger partial charge in [0.2, 0.25) is 5.91 Å². The quantitative estimate of drug-likeness (QED) is 0.248. The van der Waals surface area contributed by atoms with Crippen molar-refractivity contribution in [1.29, 1.82) is 0 Å². The number of pyridine rings is 1. The van der Waals surface area contributed by atoms with E-state index in [1.54, 1.807) is 0 Å². The second kappa shape index (κ2) is 18.7. The minimum atomic E-state index is -0.179. The van der Waals surface area contributed by atoms with Gasteiger partial charge in [-0.05, 0) is 100 Å². The van der Waals surface area contributed by atoms with Crippen molar-refractivity contribution in [3.8, 4) is 11.1 Å². The first-order chi connectivity index (χ1) is 24.0. The maximum atomic E-state index is 13.7. The van der Waals surface area contributed by atoms with Crippen molar-refractivity contribution in [2.45, 2.75) is 80.4 Å². The SMILES string of the molecule is C/C=C(/C)NC(C)=O.CCN(c1cc(-c2ccc(CN3CCOCC3)cc2)cc(C(=O)NCc2c(C)cc(C)[nH]c2=O)c1C)C1CCOCC1. The highest BCUT2D eigenvalue weighted by atomic mass is 16.5. The number of anilines is 1. The number of ether oxygens (including phenoxy) is 2. The number of morpholine rings is 1. The van der Waals surface area contributed by atoms with Gasteiger partial charge in [0.15, 0.2) is 0 Å². The predicted octanol–water partition coefficient (Wildman–Crippen LogP) is 5.78. The topological polar surface area (TPSA) is 116 Å². The van der Waals surface area contributed by atoms with E-state index < -0.39 is 0 Å². The molecule has 50 heavy (non-hydrogen) atoms. The molecule has 10 nitrogen and oxygen atoms in total. The van der Waals surface area contributed by atoms with Crippen LogP contribution >= 0.6 is 0 Å². The van der Waals surface area contributed by atoms with E-state index in [9.17, 15) is 14.4 Å². The molecule has 1 aromatic heterocycles. The molecule has 0 spiro atoms. The largest absolute Gasteiger partial charge is 0.381 e. The van der Waals surface area contributed by atoms with Gasteiger partial charge in [0.1, 0.15) is 0 Å². The van der Waals surface area contributed by atoms with Crippen LogP contribution in [0, 0.1) is 20.8 Å². The zero-order valence-corrected chi connectivity index (χ0v) is 30.9. The molecule has 2 amide bonds. The summed E-state index contributed by atoms with van der Waals surface area (Å²) in [6.07, 6.45) is 3.77. The first kappa shape index (κ1) is 38.6. The van der Waals surface area contributed by atoms with Crippen LogP contribution in [0.2, 0.25) is 0 Å². The number of aryl methyl sites for hydroxylation is 2. The molecule has 0 aliphatic carbocycles. The van der Waals surface area contributed by atoms with Gasteiger partial charge in [0, 0.05) is 87.1 Å². The third-order valence-electron chi connectivity index (χ3n) is 9.43. The summed E-state index contributed by atoms with van der Waals surface area (Å²) in [5, 5.41) is 5.66. The van der Waals surface area contributed by atoms with Crippen LogP contribution in [0.3, 0.4) is 0 Å². The van der Waals surface area contributed by atoms with Crippen LogP contribution in [-0.2, 0) is 27.4 Å². The molecule has 3 aromatic rings. The fourth-order valence-electron chi connectivity index (χ4n) is 6.56. The van der Waals surface area contributed by atoms with Crippen LogP contribution in [0.5, 0.6) is 0 Å². The Morgan fingerprint density at radius 1 is 0.960 bits per heavy atom. The number of allylic oxidation sites excluding steroid dienone is 2. The highest BCUT2D eigenvalue weighted by Crippen LogP contribution is 2.34. The zero-order chi connectivity index (χ0) is 36.2. The third kappa shape index (κ3) is 10.6. The zero-order valence-electron chi connectivity index (χ0n) is 30.9. The van der Waals surface area contributed by atoms with Crippen molar-refractivity contribution < 1.29 is 19.1 Å². The predicted molar refractivity (Wildman–Crippen MR) is 201 cm³/mol. The van der Waals surface area contributed by atoms with Gasteiger partial charge < -0.3 is 30.0 Å². The molecular weight excluding hydrogens is 630 g/mol. The number of H-pyrrole nitrogens is 1. The summed E-state index contributed by atoms with van der Waals surface area (Å²) in [4.78, 5) is 44.3. The number of nitrogens with zero attached hydrogens (tertiary/aromatic N) is 2. The minimum absolute atomic E-state index is 0.0133. The molecule has 2 aliphatic heterocycles. The average Bonchev–Trinajstić information content (AvgIpc) is 3.10. The van der Waals surface area contributed by atoms with Gasteiger partial charge in [0.05, 0.1) is 13.2 Å². The van der Waals surface area contributed by atoms with Gasteiger partial charge in [-0.15, -0.1) is 0 Å². The van der Waals surface area contributed by atoms with E-state index in [0.717, 1.165) is 105 Å². The summed E-state index contributed by atoms with van der Waals surface area (Å²) in [6, 6.07) is 15.2. The lowest BCUT2D eigenvalue weighted by Gasteiger charge is -2.37. The molecule has 0 bridgehead atoms. The van der Waals surface area contributed by atoms with Crippen LogP contribution in [-0.4, -0.2) is 73.8 Å². The van der Waals surface area contributed by atoms with Gasteiger partial charge in [-0.3, -0.25) is 19.3 Å². The maximum Gasteiger partial charge on any atom is 0.253 e. The summed E-state index contributed by atoms with van der Waals surface area (Å²) in [5.74, 6) is -0.192. The fraction of sp³-hybridized carbons (Fsp3) is 0.475. The molecule has 3 heterocycles. The van der Waals surface area contributed by atoms with E-state index in [1.807, 2.05) is 52.8 Å². The van der Waals surface area contributed by atoms with Crippen molar-refractivity contribution in [2.24, 2.45) is 0 Å². The Labute approximate surface area is 297 Å². The van der Waals surface area contributed by atoms with Gasteiger partial charge in [0.25, 0.3) is 11.5 Å². The Bertz CT molecular complexity index is 1690. The molecule has 2 aliphatic rings. The number of carbonyl (C=O) groups is 2. The molecule has 270 valence electrons. The molecule has 0 unspecified atom stereocenters. The second-order valence-electron chi connectivity index (χ2n) is 13.2. The molecule has 2 aromatic carbocycles. The van der Waals surface area contributed by atoms with Crippen LogP contribution in [0.4, 0.5) is 5.69 Å². The number of aromatic amines is 1. The van der Waals surface area contributed by atoms with E-state index in [4.69, 9.17) is 9.47 Å². The number of carbonyl (C=O) groups excluding carboxylic acids is 2. The van der Waals surface area contributed by atoms with E-state index >= 15 is 0 Å². The molecule has 3 N–H and O–H groups in total. The highest BCUT2D eigenvalue weighted by Gasteiger charge is 2.25. The molecule has 0 atom stereocenters. The smallest absolute Gasteiger partial charge is 0.253 e. The van der Waals surface area contributed by atoms with E-state index in [2.05, 4.69) is 62.7 Å². The average molecular weight is 686 g/mol. The lowest BCUT2D eigenvalue weighted by Crippen LogP contribution is -2.40. The Balaban J connectivity index is 0.000000627. The third-order valence-corrected chi connectivity index (χ3v) is 9.43.